The first kappa shape index (κ1) is 36.8. The number of unbranched alkanes of at least 4 members (excludes halogenated alkanes) is 4. The minimum Gasteiger partial charge on any atom is -0.550 e. The molecule has 2 aliphatic rings. The van der Waals surface area contributed by atoms with Crippen LogP contribution >= 0.6 is 34.5 Å². The van der Waals surface area contributed by atoms with E-state index in [1.807, 2.05) is 0 Å². The molecule has 2 saturated carbocycles. The van der Waals surface area contributed by atoms with Gasteiger partial charge in [-0.2, -0.15) is 0 Å². The molecule has 240 valence electrons. The summed E-state index contributed by atoms with van der Waals surface area (Å²) in [5, 5.41) is 16.6. The Bertz CT molecular complexity index is 887. The van der Waals surface area contributed by atoms with Crippen LogP contribution in [0.15, 0.2) is 6.07 Å². The van der Waals surface area contributed by atoms with Gasteiger partial charge < -0.3 is 25.4 Å². The van der Waals surface area contributed by atoms with E-state index in [4.69, 9.17) is 23.2 Å². The molecule has 2 amide bonds. The number of rotatable bonds is 16. The molecule has 2 fully saturated rings. The molecule has 1 aromatic heterocycles. The molecule has 0 aromatic carbocycles. The van der Waals surface area contributed by atoms with Crippen molar-refractivity contribution in [3.63, 3.8) is 0 Å². The zero-order valence-corrected chi connectivity index (χ0v) is 28.1. The molecular formula is C32H53Cl2N3O4S. The van der Waals surface area contributed by atoms with Gasteiger partial charge in [0.1, 0.15) is 10.4 Å². The number of halogens is 2. The quantitative estimate of drug-likeness (QED) is 0.212. The van der Waals surface area contributed by atoms with Crippen LogP contribution in [0, 0.1) is 0 Å². The first-order valence-corrected chi connectivity index (χ1v) is 17.9. The number of quaternary nitrogens is 1. The van der Waals surface area contributed by atoms with Gasteiger partial charge in [0.05, 0.1) is 22.0 Å². The zero-order valence-electron chi connectivity index (χ0n) is 25.8. The maximum atomic E-state index is 13.1. The summed E-state index contributed by atoms with van der Waals surface area (Å²) in [6, 6.07) is 2.49. The van der Waals surface area contributed by atoms with E-state index < -0.39 is 17.9 Å². The van der Waals surface area contributed by atoms with E-state index in [0.29, 0.717) is 13.1 Å². The second-order valence-corrected chi connectivity index (χ2v) is 14.0. The minimum absolute atomic E-state index is 0.0300. The van der Waals surface area contributed by atoms with Crippen molar-refractivity contribution in [3.05, 3.63) is 20.3 Å². The number of amides is 2. The number of nitrogens with two attached hydrogens (primary N) is 1. The van der Waals surface area contributed by atoms with Gasteiger partial charge in [0, 0.05) is 19.1 Å². The van der Waals surface area contributed by atoms with Gasteiger partial charge in [-0.15, -0.1) is 11.3 Å². The molecule has 42 heavy (non-hydrogen) atoms. The standard InChI is InChI=1S/C20H30Cl2N2O4S.C12H23N/c1-3-5-7-11-24(12-8-6-4-2)20(28)15(9-10-17(25)26)23-19(27)16-13-14(21)18(22)29-16;1-3-7-11(8-4-1)13-12-9-5-2-6-10-12/h13,15H,3-12H2,1-2H3,(H,23,27)(H,25,26);11-13H,1-10H2/t15-;/m1./s1. The summed E-state index contributed by atoms with van der Waals surface area (Å²) >= 11 is 12.8. The van der Waals surface area contributed by atoms with Gasteiger partial charge in [-0.1, -0.05) is 75.6 Å². The monoisotopic (exact) mass is 645 g/mol. The van der Waals surface area contributed by atoms with Crippen LogP contribution in [0.1, 0.15) is 139 Å². The number of hydrogen-bond donors (Lipinski definition) is 2. The lowest BCUT2D eigenvalue weighted by atomic mass is 9.91. The zero-order chi connectivity index (χ0) is 30.7. The molecule has 3 rings (SSSR count). The fourth-order valence-electron chi connectivity index (χ4n) is 5.90. The van der Waals surface area contributed by atoms with Gasteiger partial charge in [0.15, 0.2) is 0 Å². The Balaban J connectivity index is 0.000000389. The molecule has 1 aromatic rings. The fraction of sp³-hybridized carbons (Fsp3) is 0.781. The van der Waals surface area contributed by atoms with Gasteiger partial charge >= 0.3 is 0 Å². The molecule has 0 aliphatic heterocycles. The Morgan fingerprint density at radius 1 is 0.929 bits per heavy atom. The van der Waals surface area contributed by atoms with Crippen LogP contribution in [0.3, 0.4) is 0 Å². The van der Waals surface area contributed by atoms with Crippen molar-refractivity contribution in [2.24, 2.45) is 0 Å². The molecule has 0 spiro atoms. The first-order chi connectivity index (χ1) is 20.2. The van der Waals surface area contributed by atoms with Gasteiger partial charge in [-0.3, -0.25) is 9.59 Å². The molecule has 2 aliphatic carbocycles. The number of nitrogens with zero attached hydrogens (tertiary/aromatic N) is 1. The maximum absolute atomic E-state index is 13.1. The Labute approximate surface area is 267 Å². The Hall–Kier alpha value is -1.35. The van der Waals surface area contributed by atoms with E-state index >= 15 is 0 Å². The van der Waals surface area contributed by atoms with Crippen LogP contribution in [-0.2, 0) is 9.59 Å². The maximum Gasteiger partial charge on any atom is 0.262 e. The van der Waals surface area contributed by atoms with Crippen LogP contribution in [-0.4, -0.2) is 53.9 Å². The smallest absolute Gasteiger partial charge is 0.262 e. The topological polar surface area (TPSA) is 106 Å². The van der Waals surface area contributed by atoms with E-state index in [-0.39, 0.29) is 33.0 Å². The van der Waals surface area contributed by atoms with Gasteiger partial charge in [-0.05, 0) is 83.1 Å². The van der Waals surface area contributed by atoms with E-state index in [1.54, 1.807) is 4.90 Å². The predicted molar refractivity (Wildman–Crippen MR) is 171 cm³/mol. The Morgan fingerprint density at radius 3 is 1.88 bits per heavy atom. The molecule has 0 radical (unpaired) electrons. The van der Waals surface area contributed by atoms with Gasteiger partial charge in [0.25, 0.3) is 5.91 Å². The number of carbonyl (C=O) groups is 3. The van der Waals surface area contributed by atoms with Crippen molar-refractivity contribution in [2.75, 3.05) is 13.1 Å². The van der Waals surface area contributed by atoms with Crippen molar-refractivity contribution < 1.29 is 24.8 Å². The summed E-state index contributed by atoms with van der Waals surface area (Å²) in [4.78, 5) is 38.6. The van der Waals surface area contributed by atoms with E-state index in [9.17, 15) is 19.5 Å². The van der Waals surface area contributed by atoms with Crippen molar-refractivity contribution in [1.29, 1.82) is 0 Å². The van der Waals surface area contributed by atoms with Crippen LogP contribution in [0.5, 0.6) is 0 Å². The van der Waals surface area contributed by atoms with Crippen molar-refractivity contribution in [3.8, 4) is 0 Å². The third kappa shape index (κ3) is 14.4. The average Bonchev–Trinajstić information content (AvgIpc) is 3.33. The lowest BCUT2D eigenvalue weighted by Crippen LogP contribution is -2.95. The molecule has 0 bridgehead atoms. The SMILES string of the molecule is C1CCC([NH2+]C2CCCCC2)CC1.CCCCCN(CCCCC)C(=O)[C@@H](CCC(=O)[O-])NC(=O)c1cc(Cl)c(Cl)s1. The average molecular weight is 647 g/mol. The third-order valence-electron chi connectivity index (χ3n) is 8.33. The molecule has 0 unspecified atom stereocenters. The number of hydrogen-bond acceptors (Lipinski definition) is 5. The van der Waals surface area contributed by atoms with E-state index in [2.05, 4.69) is 24.5 Å². The number of carboxylic acids is 1. The molecule has 3 N–H and O–H groups in total. The largest absolute Gasteiger partial charge is 0.550 e. The summed E-state index contributed by atoms with van der Waals surface area (Å²) in [6.45, 7) is 5.35. The van der Waals surface area contributed by atoms with Crippen LogP contribution < -0.4 is 15.7 Å². The highest BCUT2D eigenvalue weighted by molar-refractivity contribution is 7.18. The number of aliphatic carboxylic acids is 1. The van der Waals surface area contributed by atoms with Crippen molar-refractivity contribution >= 4 is 52.3 Å². The molecule has 1 heterocycles. The fourth-order valence-corrected chi connectivity index (χ4v) is 7.17. The van der Waals surface area contributed by atoms with E-state index in [1.165, 1.54) is 70.3 Å². The normalized spacial score (nSPS) is 16.8. The highest BCUT2D eigenvalue weighted by atomic mass is 35.5. The van der Waals surface area contributed by atoms with Crippen molar-refractivity contribution in [1.82, 2.24) is 10.2 Å². The number of carbonyl (C=O) groups excluding carboxylic acids is 3. The second-order valence-electron chi connectivity index (χ2n) is 11.9. The third-order valence-corrected chi connectivity index (χ3v) is 10.2. The Kier molecular flexibility index (Phi) is 18.7. The van der Waals surface area contributed by atoms with Crippen LogP contribution in [0.25, 0.3) is 0 Å². The number of thiophene rings is 1. The molecule has 10 heteroatoms. The Morgan fingerprint density at radius 2 is 1.45 bits per heavy atom. The van der Waals surface area contributed by atoms with Gasteiger partial charge in [-0.25, -0.2) is 0 Å². The minimum atomic E-state index is -1.26. The summed E-state index contributed by atoms with van der Waals surface area (Å²) in [5.74, 6) is -2.02. The predicted octanol–water partition coefficient (Wildman–Crippen LogP) is 6.11. The summed E-state index contributed by atoms with van der Waals surface area (Å²) in [7, 11) is 0. The highest BCUT2D eigenvalue weighted by Gasteiger charge is 2.27. The van der Waals surface area contributed by atoms with E-state index in [0.717, 1.165) is 61.9 Å². The molecular weight excluding hydrogens is 593 g/mol. The lowest BCUT2D eigenvalue weighted by molar-refractivity contribution is -0.725. The summed E-state index contributed by atoms with van der Waals surface area (Å²) in [5.41, 5.74) is 0. The van der Waals surface area contributed by atoms with Crippen LogP contribution in [0.2, 0.25) is 9.36 Å². The number of nitrogens with one attached hydrogen (secondary N) is 1. The molecule has 0 saturated heterocycles. The number of carboxylic acid groups (broad SMARTS) is 1. The van der Waals surface area contributed by atoms with Gasteiger partial charge in [0.2, 0.25) is 5.91 Å². The van der Waals surface area contributed by atoms with Crippen LogP contribution in [0.4, 0.5) is 0 Å². The highest BCUT2D eigenvalue weighted by Crippen LogP contribution is 2.31. The summed E-state index contributed by atoms with van der Waals surface area (Å²) in [6.07, 6.45) is 20.4. The lowest BCUT2D eigenvalue weighted by Gasteiger charge is -2.28. The first-order valence-electron chi connectivity index (χ1n) is 16.3. The molecule has 1 atom stereocenters. The summed E-state index contributed by atoms with van der Waals surface area (Å²) < 4.78 is 0.287. The molecule has 7 nitrogen and oxygen atoms in total. The second kappa shape index (κ2) is 21.4. The van der Waals surface area contributed by atoms with Crippen molar-refractivity contribution in [2.45, 2.75) is 148 Å².